The third-order valence-electron chi connectivity index (χ3n) is 5.24. The molecule has 0 radical (unpaired) electrons. The van der Waals surface area contributed by atoms with Gasteiger partial charge in [-0.25, -0.2) is 4.79 Å². The number of H-pyrrole nitrogens is 1. The van der Waals surface area contributed by atoms with Gasteiger partial charge in [0.05, 0.1) is 11.4 Å². The van der Waals surface area contributed by atoms with E-state index in [0.29, 0.717) is 16.9 Å². The Bertz CT molecular complexity index is 1360. The fraction of sp³-hybridized carbons (Fsp3) is 0.0769. The number of hydrogen-bond acceptors (Lipinski definition) is 3. The van der Waals surface area contributed by atoms with Gasteiger partial charge in [-0.3, -0.25) is 9.36 Å². The number of aromatic hydroxyl groups is 1. The van der Waals surface area contributed by atoms with E-state index in [1.807, 2.05) is 32.0 Å². The summed E-state index contributed by atoms with van der Waals surface area (Å²) >= 11 is 0. The number of nitrogens with zero attached hydrogens (tertiary/aromatic N) is 1. The Kier molecular flexibility index (Phi) is 5.41. The summed E-state index contributed by atoms with van der Waals surface area (Å²) in [6.45, 7) is 4.08. The number of phenols is 1. The molecule has 0 saturated heterocycles. The van der Waals surface area contributed by atoms with Crippen LogP contribution in [-0.2, 0) is 0 Å². The van der Waals surface area contributed by atoms with Crippen LogP contribution < -0.4 is 5.69 Å². The van der Waals surface area contributed by atoms with Crippen LogP contribution in [0.25, 0.3) is 23.0 Å². The van der Waals surface area contributed by atoms with E-state index in [1.54, 1.807) is 60.8 Å². The summed E-state index contributed by atoms with van der Waals surface area (Å²) in [6, 6.07) is 19.6. The summed E-state index contributed by atoms with van der Waals surface area (Å²) in [7, 11) is 0. The Morgan fingerprint density at radius 3 is 2.55 bits per heavy atom. The molecule has 0 saturated carbocycles. The molecule has 0 atom stereocenters. The van der Waals surface area contributed by atoms with Gasteiger partial charge in [0.2, 0.25) is 0 Å². The van der Waals surface area contributed by atoms with Crippen molar-refractivity contribution >= 4 is 11.9 Å². The first-order valence-electron chi connectivity index (χ1n) is 9.92. The maximum absolute atomic E-state index is 12.6. The highest BCUT2D eigenvalue weighted by atomic mass is 16.3. The normalized spacial score (nSPS) is 11.2. The zero-order chi connectivity index (χ0) is 22.0. The van der Waals surface area contributed by atoms with Gasteiger partial charge in [-0.2, -0.15) is 0 Å². The predicted molar refractivity (Wildman–Crippen MR) is 123 cm³/mol. The first-order chi connectivity index (χ1) is 14.9. The minimum absolute atomic E-state index is 0.142. The zero-order valence-corrected chi connectivity index (χ0v) is 17.3. The molecule has 31 heavy (non-hydrogen) atoms. The number of carbonyl (C=O) groups excluding carboxylic acids is 1. The van der Waals surface area contributed by atoms with Crippen LogP contribution in [0.5, 0.6) is 5.75 Å². The molecule has 0 fully saturated rings. The van der Waals surface area contributed by atoms with Gasteiger partial charge in [-0.05, 0) is 72.5 Å². The highest BCUT2D eigenvalue weighted by molar-refractivity contribution is 6.07. The molecule has 0 aliphatic carbocycles. The lowest BCUT2D eigenvalue weighted by Gasteiger charge is -2.04. The smallest absolute Gasteiger partial charge is 0.330 e. The molecule has 4 aromatic rings. The summed E-state index contributed by atoms with van der Waals surface area (Å²) in [6.07, 6.45) is 4.85. The van der Waals surface area contributed by atoms with E-state index in [4.69, 9.17) is 0 Å². The van der Waals surface area contributed by atoms with Crippen LogP contribution in [0.2, 0.25) is 0 Å². The molecular weight excluding hydrogens is 388 g/mol. The van der Waals surface area contributed by atoms with E-state index in [9.17, 15) is 14.7 Å². The number of nitrogens with one attached hydrogen (secondary N) is 1. The number of phenolic OH excluding ortho intramolecular Hbond substituents is 1. The molecule has 0 aliphatic rings. The van der Waals surface area contributed by atoms with E-state index in [-0.39, 0.29) is 17.2 Å². The Labute approximate surface area is 179 Å². The fourth-order valence-corrected chi connectivity index (χ4v) is 3.35. The number of aryl methyl sites for hydroxylation is 2. The van der Waals surface area contributed by atoms with E-state index in [0.717, 1.165) is 16.7 Å². The number of allylic oxidation sites excluding steroid dienone is 1. The van der Waals surface area contributed by atoms with Crippen LogP contribution in [0, 0.1) is 13.8 Å². The molecule has 0 aliphatic heterocycles. The third-order valence-corrected chi connectivity index (χ3v) is 5.24. The minimum Gasteiger partial charge on any atom is -0.508 e. The van der Waals surface area contributed by atoms with Crippen LogP contribution >= 0.6 is 0 Å². The lowest BCUT2D eigenvalue weighted by molar-refractivity contribution is 0.104. The summed E-state index contributed by atoms with van der Waals surface area (Å²) < 4.78 is 1.50. The van der Waals surface area contributed by atoms with Crippen molar-refractivity contribution in [3.8, 4) is 22.7 Å². The number of imidazole rings is 1. The number of rotatable bonds is 5. The van der Waals surface area contributed by atoms with Gasteiger partial charge in [0.1, 0.15) is 5.75 Å². The van der Waals surface area contributed by atoms with Gasteiger partial charge in [0.25, 0.3) is 0 Å². The van der Waals surface area contributed by atoms with Crippen molar-refractivity contribution < 1.29 is 9.90 Å². The molecule has 5 nitrogen and oxygen atoms in total. The highest BCUT2D eigenvalue weighted by Gasteiger charge is 2.10. The topological polar surface area (TPSA) is 75.1 Å². The monoisotopic (exact) mass is 410 g/mol. The van der Waals surface area contributed by atoms with Gasteiger partial charge in [-0.15, -0.1) is 0 Å². The van der Waals surface area contributed by atoms with Gasteiger partial charge >= 0.3 is 5.69 Å². The number of benzene rings is 3. The average molecular weight is 410 g/mol. The fourth-order valence-electron chi connectivity index (χ4n) is 3.35. The van der Waals surface area contributed by atoms with E-state index in [2.05, 4.69) is 4.98 Å². The van der Waals surface area contributed by atoms with Crippen molar-refractivity contribution in [2.24, 2.45) is 0 Å². The molecule has 1 heterocycles. The molecule has 0 amide bonds. The van der Waals surface area contributed by atoms with Crippen molar-refractivity contribution in [2.45, 2.75) is 13.8 Å². The molecule has 4 rings (SSSR count). The molecular formula is C26H22N2O3. The first-order valence-corrected chi connectivity index (χ1v) is 9.92. The molecule has 0 spiro atoms. The Balaban J connectivity index is 1.62. The van der Waals surface area contributed by atoms with Gasteiger partial charge < -0.3 is 10.1 Å². The maximum atomic E-state index is 12.6. The van der Waals surface area contributed by atoms with E-state index < -0.39 is 0 Å². The second kappa shape index (κ2) is 8.32. The molecule has 3 aromatic carbocycles. The van der Waals surface area contributed by atoms with Crippen molar-refractivity contribution in [2.75, 3.05) is 0 Å². The largest absolute Gasteiger partial charge is 0.508 e. The average Bonchev–Trinajstić information content (AvgIpc) is 3.16. The maximum Gasteiger partial charge on any atom is 0.330 e. The summed E-state index contributed by atoms with van der Waals surface area (Å²) in [4.78, 5) is 28.1. The van der Waals surface area contributed by atoms with Crippen molar-refractivity contribution in [1.29, 1.82) is 0 Å². The van der Waals surface area contributed by atoms with Gasteiger partial charge in [-0.1, -0.05) is 42.5 Å². The summed E-state index contributed by atoms with van der Waals surface area (Å²) in [5, 5.41) is 9.54. The number of hydrogen-bond donors (Lipinski definition) is 2. The molecule has 5 heteroatoms. The minimum atomic E-state index is -0.270. The Morgan fingerprint density at radius 1 is 0.968 bits per heavy atom. The zero-order valence-electron chi connectivity index (χ0n) is 17.3. The van der Waals surface area contributed by atoms with Crippen LogP contribution in [-0.4, -0.2) is 20.4 Å². The number of carbonyl (C=O) groups is 1. The second-order valence-electron chi connectivity index (χ2n) is 7.48. The second-order valence-corrected chi connectivity index (χ2v) is 7.48. The summed E-state index contributed by atoms with van der Waals surface area (Å²) in [5.41, 5.74) is 5.52. The first kappa shape index (κ1) is 20.2. The van der Waals surface area contributed by atoms with E-state index >= 15 is 0 Å². The molecule has 1 aromatic heterocycles. The molecule has 154 valence electrons. The summed E-state index contributed by atoms with van der Waals surface area (Å²) in [5.74, 6) is -0.0498. The van der Waals surface area contributed by atoms with Crippen LogP contribution in [0.1, 0.15) is 27.0 Å². The quantitative estimate of drug-likeness (QED) is 0.357. The van der Waals surface area contributed by atoms with E-state index in [1.165, 1.54) is 16.2 Å². The number of aromatic nitrogens is 2. The Hall–Kier alpha value is -4.12. The van der Waals surface area contributed by atoms with Crippen LogP contribution in [0.4, 0.5) is 0 Å². The van der Waals surface area contributed by atoms with Crippen molar-refractivity contribution in [3.05, 3.63) is 112 Å². The molecule has 0 bridgehead atoms. The molecule has 0 unspecified atom stereocenters. The van der Waals surface area contributed by atoms with Gasteiger partial charge in [0.15, 0.2) is 5.78 Å². The van der Waals surface area contributed by atoms with Crippen molar-refractivity contribution in [3.63, 3.8) is 0 Å². The molecule has 2 N–H and O–H groups in total. The number of ketones is 1. The lowest BCUT2D eigenvalue weighted by Crippen LogP contribution is -2.14. The standard InChI is InChI=1S/C26H22N2O3/c1-17-9-11-20(13-18(17)2)24-16-28(26(31)27-24)22-7-4-6-21(15-22)25(30)12-10-19-5-3-8-23(29)14-19/h3-16,29H,1-2H3,(H,27,31). The SMILES string of the molecule is Cc1ccc(-c2cn(-c3cccc(C(=O)C=Cc4cccc(O)c4)c3)c(=O)[nH]2)cc1C. The third kappa shape index (κ3) is 4.41. The predicted octanol–water partition coefficient (Wildman–Crippen LogP) is 5.05. The Morgan fingerprint density at radius 2 is 1.77 bits per heavy atom. The van der Waals surface area contributed by atoms with Crippen LogP contribution in [0.3, 0.4) is 0 Å². The highest BCUT2D eigenvalue weighted by Crippen LogP contribution is 2.21. The lowest BCUT2D eigenvalue weighted by atomic mass is 10.0. The number of aromatic amines is 1. The van der Waals surface area contributed by atoms with Gasteiger partial charge in [0, 0.05) is 11.8 Å². The van der Waals surface area contributed by atoms with Crippen molar-refractivity contribution in [1.82, 2.24) is 9.55 Å². The van der Waals surface area contributed by atoms with Crippen LogP contribution in [0.15, 0.2) is 83.8 Å².